The van der Waals surface area contributed by atoms with Gasteiger partial charge in [-0.05, 0) is 11.6 Å². The van der Waals surface area contributed by atoms with Crippen LogP contribution in [0.3, 0.4) is 0 Å². The van der Waals surface area contributed by atoms with Gasteiger partial charge in [0, 0.05) is 23.3 Å². The van der Waals surface area contributed by atoms with Crippen LogP contribution in [-0.4, -0.2) is 10.1 Å². The Morgan fingerprint density at radius 2 is 2.00 bits per heavy atom. The molecule has 2 aromatic rings. The van der Waals surface area contributed by atoms with Crippen molar-refractivity contribution in [1.29, 1.82) is 0 Å². The van der Waals surface area contributed by atoms with Crippen LogP contribution >= 0.6 is 11.3 Å². The molecular weight excluding hydrogens is 280 g/mol. The minimum absolute atomic E-state index is 0.0796. The van der Waals surface area contributed by atoms with Crippen molar-refractivity contribution in [2.24, 2.45) is 0 Å². The molecule has 0 saturated carbocycles. The Kier molecular flexibility index (Phi) is 4.20. The second-order valence-electron chi connectivity index (χ2n) is 5.78. The molecule has 1 aromatic carbocycles. The molecule has 20 heavy (non-hydrogen) atoms. The number of rotatable bonds is 3. The van der Waals surface area contributed by atoms with E-state index < -0.39 is 17.7 Å². The van der Waals surface area contributed by atoms with E-state index >= 15 is 0 Å². The van der Waals surface area contributed by atoms with Crippen LogP contribution in [0.1, 0.15) is 43.1 Å². The molecule has 0 aliphatic carbocycles. The Morgan fingerprint density at radius 3 is 2.55 bits per heavy atom. The van der Waals surface area contributed by atoms with Crippen LogP contribution in [0.15, 0.2) is 23.6 Å². The molecule has 1 N–H and O–H groups in total. The normalized spacial score (nSPS) is 13.5. The van der Waals surface area contributed by atoms with Gasteiger partial charge in [0.2, 0.25) is 0 Å². The van der Waals surface area contributed by atoms with Crippen molar-refractivity contribution in [2.45, 2.75) is 38.7 Å². The number of aliphatic hydroxyl groups excluding tert-OH is 1. The molecule has 0 aliphatic rings. The fraction of sp³-hybridized carbons (Fsp3) is 0.400. The minimum Gasteiger partial charge on any atom is -0.386 e. The summed E-state index contributed by atoms with van der Waals surface area (Å²) in [5.74, 6) is -1.26. The molecular formula is C15H17F2NOS. The zero-order valence-corrected chi connectivity index (χ0v) is 12.5. The Bertz CT molecular complexity index is 604. The Hall–Kier alpha value is -1.33. The second kappa shape index (κ2) is 5.58. The molecule has 1 unspecified atom stereocenters. The molecule has 0 aliphatic heterocycles. The zero-order chi connectivity index (χ0) is 14.9. The van der Waals surface area contributed by atoms with Gasteiger partial charge in [-0.15, -0.1) is 11.3 Å². The van der Waals surface area contributed by atoms with Crippen LogP contribution < -0.4 is 0 Å². The Morgan fingerprint density at radius 1 is 1.30 bits per heavy atom. The first-order valence-electron chi connectivity index (χ1n) is 6.35. The first kappa shape index (κ1) is 15.1. The van der Waals surface area contributed by atoms with E-state index in [-0.39, 0.29) is 17.4 Å². The highest BCUT2D eigenvalue weighted by atomic mass is 32.1. The van der Waals surface area contributed by atoms with E-state index in [4.69, 9.17) is 0 Å². The number of hydrogen-bond donors (Lipinski definition) is 1. The SMILES string of the molecule is CC(C)(C)c1nc(C(O)Cc2ccc(F)cc2F)cs1. The van der Waals surface area contributed by atoms with Crippen LogP contribution in [-0.2, 0) is 11.8 Å². The van der Waals surface area contributed by atoms with Crippen molar-refractivity contribution >= 4 is 11.3 Å². The van der Waals surface area contributed by atoms with E-state index in [1.165, 1.54) is 23.5 Å². The lowest BCUT2D eigenvalue weighted by Gasteiger charge is -2.14. The molecule has 0 saturated heterocycles. The topological polar surface area (TPSA) is 33.1 Å². The van der Waals surface area contributed by atoms with Gasteiger partial charge in [0.1, 0.15) is 17.7 Å². The number of halogens is 2. The van der Waals surface area contributed by atoms with E-state index in [2.05, 4.69) is 4.98 Å². The minimum atomic E-state index is -0.887. The van der Waals surface area contributed by atoms with Gasteiger partial charge in [0.25, 0.3) is 0 Å². The monoisotopic (exact) mass is 297 g/mol. The molecule has 2 nitrogen and oxygen atoms in total. The first-order valence-corrected chi connectivity index (χ1v) is 7.23. The van der Waals surface area contributed by atoms with Crippen molar-refractivity contribution in [2.75, 3.05) is 0 Å². The van der Waals surface area contributed by atoms with Crippen LogP contribution in [0.5, 0.6) is 0 Å². The van der Waals surface area contributed by atoms with Gasteiger partial charge in [0.15, 0.2) is 0 Å². The summed E-state index contributed by atoms with van der Waals surface area (Å²) in [5.41, 5.74) is 0.733. The Balaban J connectivity index is 2.16. The van der Waals surface area contributed by atoms with Crippen LogP contribution in [0.2, 0.25) is 0 Å². The number of benzene rings is 1. The number of aromatic nitrogens is 1. The van der Waals surface area contributed by atoms with Crippen molar-refractivity contribution < 1.29 is 13.9 Å². The average Bonchev–Trinajstić information content (AvgIpc) is 2.82. The number of hydrogen-bond acceptors (Lipinski definition) is 3. The van der Waals surface area contributed by atoms with Gasteiger partial charge in [0.05, 0.1) is 10.7 Å². The predicted molar refractivity (Wildman–Crippen MR) is 75.8 cm³/mol. The fourth-order valence-corrected chi connectivity index (χ4v) is 2.74. The number of aliphatic hydroxyl groups is 1. The molecule has 5 heteroatoms. The third-order valence-corrected chi connectivity index (χ3v) is 4.22. The third kappa shape index (κ3) is 3.41. The molecule has 2 rings (SSSR count). The fourth-order valence-electron chi connectivity index (χ4n) is 1.78. The quantitative estimate of drug-likeness (QED) is 0.929. The molecule has 1 aromatic heterocycles. The van der Waals surface area contributed by atoms with E-state index in [0.717, 1.165) is 11.1 Å². The van der Waals surface area contributed by atoms with E-state index in [0.29, 0.717) is 5.69 Å². The lowest BCUT2D eigenvalue weighted by molar-refractivity contribution is 0.172. The zero-order valence-electron chi connectivity index (χ0n) is 11.7. The summed E-state index contributed by atoms with van der Waals surface area (Å²) in [4.78, 5) is 4.40. The van der Waals surface area contributed by atoms with Crippen molar-refractivity contribution in [3.63, 3.8) is 0 Å². The van der Waals surface area contributed by atoms with Crippen molar-refractivity contribution in [3.8, 4) is 0 Å². The van der Waals surface area contributed by atoms with Crippen LogP contribution in [0.4, 0.5) is 8.78 Å². The summed E-state index contributed by atoms with van der Waals surface area (Å²) in [6.07, 6.45) is -0.804. The lowest BCUT2D eigenvalue weighted by atomic mass is 9.98. The van der Waals surface area contributed by atoms with Crippen LogP contribution in [0.25, 0.3) is 0 Å². The van der Waals surface area contributed by atoms with Gasteiger partial charge >= 0.3 is 0 Å². The van der Waals surface area contributed by atoms with Gasteiger partial charge in [-0.25, -0.2) is 13.8 Å². The maximum Gasteiger partial charge on any atom is 0.129 e. The van der Waals surface area contributed by atoms with Crippen molar-refractivity contribution in [1.82, 2.24) is 4.98 Å². The molecule has 1 atom stereocenters. The molecule has 1 heterocycles. The summed E-state index contributed by atoms with van der Waals surface area (Å²) in [6.45, 7) is 6.13. The number of thiazole rings is 1. The highest BCUT2D eigenvalue weighted by Gasteiger charge is 2.21. The van der Waals surface area contributed by atoms with Gasteiger partial charge in [-0.2, -0.15) is 0 Å². The number of nitrogens with zero attached hydrogens (tertiary/aromatic N) is 1. The first-order chi connectivity index (χ1) is 9.27. The standard InChI is InChI=1S/C15H17F2NOS/c1-15(2,3)14-18-12(8-20-14)13(19)6-9-4-5-10(16)7-11(9)17/h4-5,7-8,13,19H,6H2,1-3H3. The van der Waals surface area contributed by atoms with Gasteiger partial charge in [-0.1, -0.05) is 26.8 Å². The third-order valence-electron chi connectivity index (χ3n) is 2.93. The smallest absolute Gasteiger partial charge is 0.129 e. The molecule has 0 spiro atoms. The summed E-state index contributed by atoms with van der Waals surface area (Å²) < 4.78 is 26.4. The van der Waals surface area contributed by atoms with E-state index in [1.807, 2.05) is 20.8 Å². The van der Waals surface area contributed by atoms with E-state index in [9.17, 15) is 13.9 Å². The van der Waals surface area contributed by atoms with Crippen LogP contribution in [0, 0.1) is 11.6 Å². The molecule has 0 bridgehead atoms. The Labute approximate surface area is 121 Å². The highest BCUT2D eigenvalue weighted by molar-refractivity contribution is 7.09. The van der Waals surface area contributed by atoms with Gasteiger partial charge in [-0.3, -0.25) is 0 Å². The maximum atomic E-state index is 13.6. The molecule has 108 valence electrons. The maximum absolute atomic E-state index is 13.6. The van der Waals surface area contributed by atoms with E-state index in [1.54, 1.807) is 5.38 Å². The van der Waals surface area contributed by atoms with Gasteiger partial charge < -0.3 is 5.11 Å². The second-order valence-corrected chi connectivity index (χ2v) is 6.64. The average molecular weight is 297 g/mol. The largest absolute Gasteiger partial charge is 0.386 e. The summed E-state index contributed by atoms with van der Waals surface area (Å²) in [7, 11) is 0. The van der Waals surface area contributed by atoms with Crippen molar-refractivity contribution in [3.05, 3.63) is 51.5 Å². The highest BCUT2D eigenvalue weighted by Crippen LogP contribution is 2.29. The summed E-state index contributed by atoms with van der Waals surface area (Å²) in [6, 6.07) is 3.36. The summed E-state index contributed by atoms with van der Waals surface area (Å²) in [5, 5.41) is 12.8. The molecule has 0 radical (unpaired) electrons. The lowest BCUT2D eigenvalue weighted by Crippen LogP contribution is -2.11. The molecule has 0 amide bonds. The summed E-state index contributed by atoms with van der Waals surface area (Å²) >= 11 is 1.48. The molecule has 0 fully saturated rings. The predicted octanol–water partition coefficient (Wildman–Crippen LogP) is 3.99.